The highest BCUT2D eigenvalue weighted by molar-refractivity contribution is 7.89. The van der Waals surface area contributed by atoms with Crippen LogP contribution in [0.4, 0.5) is 11.4 Å². The first kappa shape index (κ1) is 23.8. The smallest absolute Gasteiger partial charge is 0.265 e. The molecular formula is C23H27N3O7S. The highest BCUT2D eigenvalue weighted by Crippen LogP contribution is 2.33. The van der Waals surface area contributed by atoms with E-state index in [9.17, 15) is 18.0 Å². The number of ether oxygens (including phenoxy) is 3. The average Bonchev–Trinajstić information content (AvgIpc) is 3.03. The van der Waals surface area contributed by atoms with Gasteiger partial charge in [-0.3, -0.25) is 9.59 Å². The summed E-state index contributed by atoms with van der Waals surface area (Å²) in [6.45, 7) is 6.03. The van der Waals surface area contributed by atoms with E-state index >= 15 is 0 Å². The van der Waals surface area contributed by atoms with Gasteiger partial charge >= 0.3 is 0 Å². The average molecular weight is 490 g/mol. The van der Waals surface area contributed by atoms with Gasteiger partial charge in [-0.05, 0) is 43.2 Å². The van der Waals surface area contributed by atoms with Crippen molar-refractivity contribution in [3.8, 4) is 17.2 Å². The number of hydrogen-bond donors (Lipinski definition) is 3. The van der Waals surface area contributed by atoms with Gasteiger partial charge in [0.05, 0.1) is 23.8 Å². The molecular weight excluding hydrogens is 462 g/mol. The summed E-state index contributed by atoms with van der Waals surface area (Å²) in [5.74, 6) is 0.131. The second-order valence-corrected chi connectivity index (χ2v) is 10.2. The highest BCUT2D eigenvalue weighted by atomic mass is 32.2. The maximum atomic E-state index is 13.1. The SMILES string of the molecule is CC(C)[C@H](NS(=O)(=O)c1ccc2c(c1)OCCCO2)C(=O)Nc1ccc2c(c1)NC(=O)[C@@H](C)O2. The van der Waals surface area contributed by atoms with Crippen molar-refractivity contribution in [3.63, 3.8) is 0 Å². The Bertz CT molecular complexity index is 1210. The molecule has 2 heterocycles. The second kappa shape index (κ2) is 9.51. The summed E-state index contributed by atoms with van der Waals surface area (Å²) < 4.78 is 45.3. The Kier molecular flexibility index (Phi) is 6.67. The zero-order chi connectivity index (χ0) is 24.5. The maximum Gasteiger partial charge on any atom is 0.265 e. The summed E-state index contributed by atoms with van der Waals surface area (Å²) in [4.78, 5) is 24.9. The van der Waals surface area contributed by atoms with Crippen LogP contribution in [0.1, 0.15) is 27.2 Å². The molecule has 11 heteroatoms. The molecule has 2 aliphatic heterocycles. The molecule has 0 spiro atoms. The molecule has 0 aromatic heterocycles. The number of amides is 2. The normalized spacial score (nSPS) is 18.2. The lowest BCUT2D eigenvalue weighted by atomic mass is 10.0. The van der Waals surface area contributed by atoms with Crippen LogP contribution in [-0.4, -0.2) is 45.6 Å². The molecule has 0 aliphatic carbocycles. The van der Waals surface area contributed by atoms with Crippen LogP contribution in [-0.2, 0) is 19.6 Å². The molecule has 0 radical (unpaired) electrons. The van der Waals surface area contributed by atoms with Gasteiger partial charge in [0.2, 0.25) is 15.9 Å². The van der Waals surface area contributed by atoms with Gasteiger partial charge in [0.1, 0.15) is 11.8 Å². The van der Waals surface area contributed by atoms with E-state index in [4.69, 9.17) is 14.2 Å². The van der Waals surface area contributed by atoms with E-state index in [1.54, 1.807) is 45.0 Å². The van der Waals surface area contributed by atoms with Crippen LogP contribution in [0.3, 0.4) is 0 Å². The van der Waals surface area contributed by atoms with Crippen LogP contribution in [0.2, 0.25) is 0 Å². The number of benzene rings is 2. The zero-order valence-corrected chi connectivity index (χ0v) is 19.9. The third-order valence-corrected chi connectivity index (χ3v) is 6.88. The van der Waals surface area contributed by atoms with Crippen molar-refractivity contribution in [2.75, 3.05) is 23.8 Å². The molecule has 34 heavy (non-hydrogen) atoms. The molecule has 0 bridgehead atoms. The summed E-state index contributed by atoms with van der Waals surface area (Å²) in [6, 6.07) is 8.12. The van der Waals surface area contributed by atoms with Gasteiger partial charge in [0, 0.05) is 18.2 Å². The number of rotatable bonds is 6. The van der Waals surface area contributed by atoms with Gasteiger partial charge in [-0.25, -0.2) is 8.42 Å². The van der Waals surface area contributed by atoms with Crippen molar-refractivity contribution in [3.05, 3.63) is 36.4 Å². The first-order valence-electron chi connectivity index (χ1n) is 11.0. The van der Waals surface area contributed by atoms with E-state index < -0.39 is 28.1 Å². The molecule has 3 N–H and O–H groups in total. The predicted octanol–water partition coefficient (Wildman–Crippen LogP) is 2.51. The molecule has 0 saturated carbocycles. The third-order valence-electron chi connectivity index (χ3n) is 5.44. The Balaban J connectivity index is 1.51. The van der Waals surface area contributed by atoms with Gasteiger partial charge in [0.15, 0.2) is 17.6 Å². The molecule has 182 valence electrons. The van der Waals surface area contributed by atoms with Crippen LogP contribution in [0.15, 0.2) is 41.3 Å². The summed E-state index contributed by atoms with van der Waals surface area (Å²) in [7, 11) is -4.04. The highest BCUT2D eigenvalue weighted by Gasteiger charge is 2.30. The molecule has 4 rings (SSSR count). The number of sulfonamides is 1. The monoisotopic (exact) mass is 489 g/mol. The Morgan fingerprint density at radius 3 is 2.50 bits per heavy atom. The first-order valence-corrected chi connectivity index (χ1v) is 12.5. The quantitative estimate of drug-likeness (QED) is 0.568. The van der Waals surface area contributed by atoms with Gasteiger partial charge in [0.25, 0.3) is 5.91 Å². The van der Waals surface area contributed by atoms with E-state index in [-0.39, 0.29) is 16.7 Å². The molecule has 2 aromatic rings. The van der Waals surface area contributed by atoms with E-state index in [0.29, 0.717) is 48.3 Å². The van der Waals surface area contributed by atoms with Crippen molar-refractivity contribution in [1.29, 1.82) is 0 Å². The number of carbonyl (C=O) groups excluding carboxylic acids is 2. The number of hydrogen-bond acceptors (Lipinski definition) is 7. The van der Waals surface area contributed by atoms with Gasteiger partial charge < -0.3 is 24.8 Å². The lowest BCUT2D eigenvalue weighted by Crippen LogP contribution is -2.47. The van der Waals surface area contributed by atoms with Gasteiger partial charge in [-0.2, -0.15) is 4.72 Å². The summed E-state index contributed by atoms with van der Waals surface area (Å²) >= 11 is 0. The fraction of sp³-hybridized carbons (Fsp3) is 0.391. The molecule has 2 atom stereocenters. The lowest BCUT2D eigenvalue weighted by molar-refractivity contribution is -0.122. The summed E-state index contributed by atoms with van der Waals surface area (Å²) in [5.41, 5.74) is 0.817. The zero-order valence-electron chi connectivity index (χ0n) is 19.1. The van der Waals surface area contributed by atoms with Gasteiger partial charge in [-0.15, -0.1) is 0 Å². The van der Waals surface area contributed by atoms with Crippen molar-refractivity contribution < 1.29 is 32.2 Å². The number of carbonyl (C=O) groups is 2. The number of nitrogens with one attached hydrogen (secondary N) is 3. The predicted molar refractivity (Wildman–Crippen MR) is 125 cm³/mol. The van der Waals surface area contributed by atoms with Crippen LogP contribution >= 0.6 is 0 Å². The van der Waals surface area contributed by atoms with E-state index in [1.165, 1.54) is 12.1 Å². The number of fused-ring (bicyclic) bond motifs is 2. The fourth-order valence-electron chi connectivity index (χ4n) is 3.54. The van der Waals surface area contributed by atoms with Crippen molar-refractivity contribution >= 4 is 33.2 Å². The first-order chi connectivity index (χ1) is 16.1. The molecule has 0 unspecified atom stereocenters. The molecule has 10 nitrogen and oxygen atoms in total. The van der Waals surface area contributed by atoms with E-state index in [1.807, 2.05) is 0 Å². The maximum absolute atomic E-state index is 13.1. The van der Waals surface area contributed by atoms with Crippen LogP contribution < -0.4 is 29.6 Å². The lowest BCUT2D eigenvalue weighted by Gasteiger charge is -2.25. The topological polar surface area (TPSA) is 132 Å². The van der Waals surface area contributed by atoms with Crippen molar-refractivity contribution in [2.45, 2.75) is 44.2 Å². The third kappa shape index (κ3) is 5.10. The summed E-state index contributed by atoms with van der Waals surface area (Å²) in [5, 5.41) is 5.43. The van der Waals surface area contributed by atoms with E-state index in [0.717, 1.165) is 0 Å². The molecule has 2 amide bonds. The minimum absolute atomic E-state index is 0.0297. The minimum atomic E-state index is -4.04. The largest absolute Gasteiger partial charge is 0.490 e. The molecule has 0 fully saturated rings. The van der Waals surface area contributed by atoms with Crippen LogP contribution in [0.25, 0.3) is 0 Å². The van der Waals surface area contributed by atoms with Crippen LogP contribution in [0.5, 0.6) is 17.2 Å². The summed E-state index contributed by atoms with van der Waals surface area (Å²) in [6.07, 6.45) is 0.0832. The minimum Gasteiger partial charge on any atom is -0.490 e. The van der Waals surface area contributed by atoms with E-state index in [2.05, 4.69) is 15.4 Å². The Hall–Kier alpha value is -3.31. The Labute approximate surface area is 198 Å². The van der Waals surface area contributed by atoms with Crippen molar-refractivity contribution in [2.24, 2.45) is 5.92 Å². The Morgan fingerprint density at radius 2 is 1.76 bits per heavy atom. The Morgan fingerprint density at radius 1 is 1.06 bits per heavy atom. The van der Waals surface area contributed by atoms with Gasteiger partial charge in [-0.1, -0.05) is 13.8 Å². The van der Waals surface area contributed by atoms with Crippen molar-refractivity contribution in [1.82, 2.24) is 4.72 Å². The van der Waals surface area contributed by atoms with Crippen LogP contribution in [0, 0.1) is 5.92 Å². The molecule has 2 aliphatic rings. The second-order valence-electron chi connectivity index (χ2n) is 8.45. The standard InChI is InChI=1S/C23H27N3O7S/c1-13(2)21(23(28)24-15-5-7-18-17(11-15)25-22(27)14(3)33-18)26-34(29,30)16-6-8-19-20(12-16)32-10-4-9-31-19/h5-8,11-14,21,26H,4,9-10H2,1-3H3,(H,24,28)(H,25,27)/t14-,21+/m1/s1. The fourth-order valence-corrected chi connectivity index (χ4v) is 4.90. The molecule has 0 saturated heterocycles. The number of anilines is 2. The molecule has 2 aromatic carbocycles.